The molecule has 0 saturated heterocycles. The molecule has 1 atom stereocenters. The zero-order valence-electron chi connectivity index (χ0n) is 9.67. The number of rotatable bonds is 4. The lowest BCUT2D eigenvalue weighted by molar-refractivity contribution is 0.682. The highest BCUT2D eigenvalue weighted by Gasteiger charge is 2.08. The maximum atomic E-state index is 12.2. The molecular formula is C13H13ClN2OS. The molecule has 1 heterocycles. The minimum Gasteiger partial charge on any atom is -0.325 e. The van der Waals surface area contributed by atoms with Crippen molar-refractivity contribution in [3.8, 4) is 0 Å². The number of pyridine rings is 1. The van der Waals surface area contributed by atoms with E-state index in [1.165, 1.54) is 0 Å². The van der Waals surface area contributed by atoms with Crippen LogP contribution in [0.5, 0.6) is 0 Å². The van der Waals surface area contributed by atoms with Crippen LogP contribution in [0.15, 0.2) is 47.5 Å². The average Bonchev–Trinajstić information content (AvgIpc) is 2.40. The molecule has 0 aliphatic rings. The second kappa shape index (κ2) is 6.09. The van der Waals surface area contributed by atoms with Crippen LogP contribution in [0, 0.1) is 0 Å². The molecular weight excluding hydrogens is 268 g/mol. The van der Waals surface area contributed by atoms with E-state index in [0.29, 0.717) is 17.3 Å². The van der Waals surface area contributed by atoms with Crippen molar-refractivity contribution in [2.45, 2.75) is 17.2 Å². The molecule has 1 aromatic carbocycles. The van der Waals surface area contributed by atoms with Gasteiger partial charge in [-0.15, -0.1) is 0 Å². The lowest BCUT2D eigenvalue weighted by Gasteiger charge is -2.06. The number of halogens is 1. The second-order valence-electron chi connectivity index (χ2n) is 3.76. The summed E-state index contributed by atoms with van der Waals surface area (Å²) in [5, 5.41) is 0.639. The fraction of sp³-hybridized carbons (Fsp3) is 0.154. The van der Waals surface area contributed by atoms with Gasteiger partial charge in [0, 0.05) is 22.7 Å². The summed E-state index contributed by atoms with van der Waals surface area (Å²) in [6.45, 7) is 0.355. The first kappa shape index (κ1) is 13.2. The second-order valence-corrected chi connectivity index (χ2v) is 5.64. The third-order valence-electron chi connectivity index (χ3n) is 2.54. The fourth-order valence-corrected chi connectivity index (χ4v) is 2.88. The van der Waals surface area contributed by atoms with Crippen molar-refractivity contribution in [3.05, 3.63) is 58.9 Å². The Kier molecular flexibility index (Phi) is 4.47. The normalized spacial score (nSPS) is 12.3. The molecule has 0 radical (unpaired) electrons. The van der Waals surface area contributed by atoms with Crippen molar-refractivity contribution in [2.75, 3.05) is 0 Å². The zero-order valence-corrected chi connectivity index (χ0v) is 11.2. The summed E-state index contributed by atoms with van der Waals surface area (Å²) in [4.78, 5) is 4.93. The maximum Gasteiger partial charge on any atom is 0.0580 e. The monoisotopic (exact) mass is 280 g/mol. The van der Waals surface area contributed by atoms with Gasteiger partial charge in [-0.1, -0.05) is 17.7 Å². The third-order valence-corrected chi connectivity index (χ3v) is 4.16. The van der Waals surface area contributed by atoms with Crippen LogP contribution < -0.4 is 5.73 Å². The van der Waals surface area contributed by atoms with Gasteiger partial charge in [-0.2, -0.15) is 0 Å². The highest BCUT2D eigenvalue weighted by molar-refractivity contribution is 7.84. The summed E-state index contributed by atoms with van der Waals surface area (Å²) in [5.41, 5.74) is 7.32. The van der Waals surface area contributed by atoms with Crippen molar-refractivity contribution >= 4 is 22.4 Å². The molecule has 1 aromatic heterocycles. The van der Waals surface area contributed by atoms with Gasteiger partial charge >= 0.3 is 0 Å². The van der Waals surface area contributed by atoms with Crippen molar-refractivity contribution < 1.29 is 4.21 Å². The van der Waals surface area contributed by atoms with E-state index in [0.717, 1.165) is 16.2 Å². The molecule has 0 spiro atoms. The number of nitrogens with zero attached hydrogens (tertiary/aromatic N) is 1. The van der Waals surface area contributed by atoms with Gasteiger partial charge in [-0.25, -0.2) is 0 Å². The molecule has 2 aromatic rings. The minimum atomic E-state index is -1.11. The highest BCUT2D eigenvalue weighted by atomic mass is 35.5. The summed E-state index contributed by atoms with van der Waals surface area (Å²) in [7, 11) is -1.11. The molecule has 0 saturated carbocycles. The molecule has 2 N–H and O–H groups in total. The number of hydrogen-bond acceptors (Lipinski definition) is 3. The molecule has 0 bridgehead atoms. The molecule has 0 amide bonds. The SMILES string of the molecule is NCc1ncccc1CS(=O)c1ccc(Cl)cc1. The Bertz CT molecular complexity index is 557. The van der Waals surface area contributed by atoms with Crippen LogP contribution in [0.25, 0.3) is 0 Å². The summed E-state index contributed by atoms with van der Waals surface area (Å²) < 4.78 is 12.2. The molecule has 0 fully saturated rings. The minimum absolute atomic E-state index is 0.355. The Morgan fingerprint density at radius 3 is 2.61 bits per heavy atom. The van der Waals surface area contributed by atoms with E-state index in [-0.39, 0.29) is 0 Å². The molecule has 0 aliphatic carbocycles. The topological polar surface area (TPSA) is 56.0 Å². The predicted molar refractivity (Wildman–Crippen MR) is 73.7 cm³/mol. The molecule has 3 nitrogen and oxygen atoms in total. The van der Waals surface area contributed by atoms with Gasteiger partial charge in [-0.3, -0.25) is 9.19 Å². The van der Waals surface area contributed by atoms with Crippen LogP contribution >= 0.6 is 11.6 Å². The molecule has 5 heteroatoms. The van der Waals surface area contributed by atoms with Gasteiger partial charge in [0.15, 0.2) is 0 Å². The third kappa shape index (κ3) is 3.16. The van der Waals surface area contributed by atoms with E-state index in [4.69, 9.17) is 17.3 Å². The molecule has 2 rings (SSSR count). The molecule has 18 heavy (non-hydrogen) atoms. The van der Waals surface area contributed by atoms with E-state index in [1.807, 2.05) is 12.1 Å². The first-order valence-electron chi connectivity index (χ1n) is 5.47. The molecule has 94 valence electrons. The van der Waals surface area contributed by atoms with Crippen LogP contribution in [0.1, 0.15) is 11.3 Å². The average molecular weight is 281 g/mol. The van der Waals surface area contributed by atoms with E-state index in [1.54, 1.807) is 30.5 Å². The van der Waals surface area contributed by atoms with Gasteiger partial charge in [0.2, 0.25) is 0 Å². The van der Waals surface area contributed by atoms with Crippen molar-refractivity contribution in [3.63, 3.8) is 0 Å². The standard InChI is InChI=1S/C13H13ClN2OS/c14-11-3-5-12(6-4-11)18(17)9-10-2-1-7-16-13(10)8-15/h1-7H,8-9,15H2. The van der Waals surface area contributed by atoms with Crippen LogP contribution in [0.3, 0.4) is 0 Å². The van der Waals surface area contributed by atoms with Gasteiger partial charge in [0.1, 0.15) is 0 Å². The lowest BCUT2D eigenvalue weighted by atomic mass is 10.2. The largest absolute Gasteiger partial charge is 0.325 e. The van der Waals surface area contributed by atoms with E-state index < -0.39 is 10.8 Å². The van der Waals surface area contributed by atoms with Gasteiger partial charge < -0.3 is 5.73 Å². The van der Waals surface area contributed by atoms with E-state index in [9.17, 15) is 4.21 Å². The Morgan fingerprint density at radius 2 is 1.94 bits per heavy atom. The van der Waals surface area contributed by atoms with E-state index >= 15 is 0 Å². The Hall–Kier alpha value is -1.23. The molecule has 1 unspecified atom stereocenters. The van der Waals surface area contributed by atoms with Gasteiger partial charge in [-0.05, 0) is 35.9 Å². The maximum absolute atomic E-state index is 12.2. The number of nitrogens with two attached hydrogens (primary N) is 1. The molecule has 0 aliphatic heterocycles. The first-order valence-corrected chi connectivity index (χ1v) is 7.17. The van der Waals surface area contributed by atoms with E-state index in [2.05, 4.69) is 4.98 Å². The first-order chi connectivity index (χ1) is 8.70. The van der Waals surface area contributed by atoms with Crippen LogP contribution in [0.4, 0.5) is 0 Å². The lowest BCUT2D eigenvalue weighted by Crippen LogP contribution is -2.06. The summed E-state index contributed by atoms with van der Waals surface area (Å²) in [5.74, 6) is 0.419. The number of benzene rings is 1. The smallest absolute Gasteiger partial charge is 0.0580 e. The number of aromatic nitrogens is 1. The van der Waals surface area contributed by atoms with Gasteiger partial charge in [0.25, 0.3) is 0 Å². The predicted octanol–water partition coefficient (Wildman–Crippen LogP) is 2.50. The van der Waals surface area contributed by atoms with Crippen molar-refractivity contribution in [1.29, 1.82) is 0 Å². The zero-order chi connectivity index (χ0) is 13.0. The quantitative estimate of drug-likeness (QED) is 0.936. The van der Waals surface area contributed by atoms with Crippen molar-refractivity contribution in [2.24, 2.45) is 5.73 Å². The van der Waals surface area contributed by atoms with Gasteiger partial charge in [0.05, 0.1) is 22.2 Å². The summed E-state index contributed by atoms with van der Waals surface area (Å²) in [6.07, 6.45) is 1.69. The van der Waals surface area contributed by atoms with Crippen LogP contribution in [-0.2, 0) is 23.1 Å². The summed E-state index contributed by atoms with van der Waals surface area (Å²) in [6, 6.07) is 10.8. The summed E-state index contributed by atoms with van der Waals surface area (Å²) >= 11 is 5.80. The number of hydrogen-bond donors (Lipinski definition) is 1. The Labute approximate surface area is 113 Å². The van der Waals surface area contributed by atoms with Crippen LogP contribution in [-0.4, -0.2) is 9.19 Å². The Morgan fingerprint density at radius 1 is 1.22 bits per heavy atom. The van der Waals surface area contributed by atoms with Crippen LogP contribution in [0.2, 0.25) is 5.02 Å². The fourth-order valence-electron chi connectivity index (χ4n) is 1.60. The van der Waals surface area contributed by atoms with Crippen molar-refractivity contribution in [1.82, 2.24) is 4.98 Å². The Balaban J connectivity index is 2.18. The highest BCUT2D eigenvalue weighted by Crippen LogP contribution is 2.16.